The summed E-state index contributed by atoms with van der Waals surface area (Å²) in [6.45, 7) is 0.589. The molecule has 0 saturated heterocycles. The Morgan fingerprint density at radius 1 is 0.966 bits per heavy atom. The molecule has 0 radical (unpaired) electrons. The van der Waals surface area contributed by atoms with Gasteiger partial charge in [0.25, 0.3) is 0 Å². The minimum atomic E-state index is -4.67. The summed E-state index contributed by atoms with van der Waals surface area (Å²) in [5.74, 6) is -6.36. The van der Waals surface area contributed by atoms with Crippen LogP contribution >= 0.6 is 0 Å². The van der Waals surface area contributed by atoms with E-state index in [9.17, 15) is 30.7 Å². The molecule has 2 aromatic rings. The molecule has 156 valence electrons. The second-order valence-corrected chi connectivity index (χ2v) is 6.98. The van der Waals surface area contributed by atoms with Gasteiger partial charge in [-0.25, -0.2) is 13.2 Å². The van der Waals surface area contributed by atoms with Gasteiger partial charge in [-0.3, -0.25) is 0 Å². The number of nitrogens with one attached hydrogen (secondary N) is 3. The van der Waals surface area contributed by atoms with E-state index in [-0.39, 0.29) is 18.1 Å². The van der Waals surface area contributed by atoms with E-state index in [1.165, 1.54) is 0 Å². The van der Waals surface area contributed by atoms with Crippen molar-refractivity contribution in [1.82, 2.24) is 4.98 Å². The predicted octanol–water partition coefficient (Wildman–Crippen LogP) is 4.90. The van der Waals surface area contributed by atoms with Crippen LogP contribution in [0.3, 0.4) is 0 Å². The quantitative estimate of drug-likeness (QED) is 0.487. The van der Waals surface area contributed by atoms with Gasteiger partial charge in [0.2, 0.25) is 5.95 Å². The lowest BCUT2D eigenvalue weighted by Crippen LogP contribution is -2.39. The third kappa shape index (κ3) is 3.65. The van der Waals surface area contributed by atoms with Crippen molar-refractivity contribution in [2.75, 3.05) is 29.0 Å². The topological polar surface area (TPSA) is 49.0 Å². The average molecular weight is 420 g/mol. The first-order valence-corrected chi connectivity index (χ1v) is 8.86. The SMILES string of the molecule is Fc1cc(F)c(-c2c(F)nc3c(c2NC(C2CC2)C(F)(F)F)NCCN3)c(F)c1. The highest BCUT2D eigenvalue weighted by Gasteiger charge is 2.49. The summed E-state index contributed by atoms with van der Waals surface area (Å²) in [4.78, 5) is 3.60. The molecule has 29 heavy (non-hydrogen) atoms. The Morgan fingerprint density at radius 2 is 1.59 bits per heavy atom. The van der Waals surface area contributed by atoms with Crippen LogP contribution in [-0.4, -0.2) is 30.3 Å². The molecule has 3 N–H and O–H groups in total. The van der Waals surface area contributed by atoms with E-state index in [2.05, 4.69) is 20.9 Å². The zero-order valence-corrected chi connectivity index (χ0v) is 14.7. The number of hydrogen-bond acceptors (Lipinski definition) is 4. The molecule has 1 unspecified atom stereocenters. The van der Waals surface area contributed by atoms with E-state index in [4.69, 9.17) is 0 Å². The number of anilines is 3. The Kier molecular flexibility index (Phi) is 4.70. The highest BCUT2D eigenvalue weighted by atomic mass is 19.4. The van der Waals surface area contributed by atoms with Crippen LogP contribution in [0.15, 0.2) is 12.1 Å². The van der Waals surface area contributed by atoms with E-state index in [1.807, 2.05) is 0 Å². The van der Waals surface area contributed by atoms with Gasteiger partial charge in [0.1, 0.15) is 29.2 Å². The number of aromatic nitrogens is 1. The third-order valence-corrected chi connectivity index (χ3v) is 4.88. The monoisotopic (exact) mass is 420 g/mol. The van der Waals surface area contributed by atoms with Crippen LogP contribution in [0.5, 0.6) is 0 Å². The number of hydrogen-bond donors (Lipinski definition) is 3. The Balaban J connectivity index is 1.94. The van der Waals surface area contributed by atoms with Gasteiger partial charge in [-0.1, -0.05) is 0 Å². The molecule has 2 aliphatic rings. The Bertz CT molecular complexity index is 933. The Morgan fingerprint density at radius 3 is 2.17 bits per heavy atom. The van der Waals surface area contributed by atoms with Gasteiger partial charge < -0.3 is 16.0 Å². The van der Waals surface area contributed by atoms with Gasteiger partial charge in [-0.05, 0) is 18.8 Å². The van der Waals surface area contributed by atoms with Crippen LogP contribution in [0, 0.1) is 29.3 Å². The molecular formula is C18H15F7N4. The third-order valence-electron chi connectivity index (χ3n) is 4.88. The fraction of sp³-hybridized carbons (Fsp3) is 0.389. The zero-order valence-electron chi connectivity index (χ0n) is 14.7. The van der Waals surface area contributed by atoms with Crippen LogP contribution in [0.2, 0.25) is 0 Å². The number of alkyl halides is 3. The highest BCUT2D eigenvalue weighted by molar-refractivity contribution is 5.93. The molecule has 0 spiro atoms. The van der Waals surface area contributed by atoms with Crippen molar-refractivity contribution in [1.29, 1.82) is 0 Å². The van der Waals surface area contributed by atoms with E-state index in [1.54, 1.807) is 0 Å². The van der Waals surface area contributed by atoms with E-state index >= 15 is 0 Å². The van der Waals surface area contributed by atoms with Crippen molar-refractivity contribution in [2.45, 2.75) is 25.1 Å². The van der Waals surface area contributed by atoms with Crippen molar-refractivity contribution in [3.8, 4) is 11.1 Å². The maximum atomic E-state index is 14.8. The fourth-order valence-electron chi connectivity index (χ4n) is 3.43. The summed E-state index contributed by atoms with van der Waals surface area (Å²) in [7, 11) is 0. The second-order valence-electron chi connectivity index (χ2n) is 6.98. The van der Waals surface area contributed by atoms with Crippen LogP contribution in [0.25, 0.3) is 11.1 Å². The summed E-state index contributed by atoms with van der Waals surface area (Å²) in [5, 5.41) is 7.78. The van der Waals surface area contributed by atoms with E-state index in [0.717, 1.165) is 0 Å². The molecule has 11 heteroatoms. The van der Waals surface area contributed by atoms with Crippen molar-refractivity contribution in [2.24, 2.45) is 5.92 Å². The van der Waals surface area contributed by atoms with Gasteiger partial charge in [-0.2, -0.15) is 22.5 Å². The zero-order chi connectivity index (χ0) is 20.9. The van der Waals surface area contributed by atoms with Gasteiger partial charge in [0.05, 0.1) is 16.8 Å². The molecule has 1 aliphatic carbocycles. The number of halogens is 7. The molecule has 1 fully saturated rings. The maximum absolute atomic E-state index is 14.8. The smallest absolute Gasteiger partial charge is 0.379 e. The molecule has 0 amide bonds. The molecule has 4 rings (SSSR count). The van der Waals surface area contributed by atoms with E-state index < -0.39 is 58.3 Å². The normalized spacial score (nSPS) is 17.2. The second kappa shape index (κ2) is 6.96. The number of nitrogens with zero attached hydrogens (tertiary/aromatic N) is 1. The average Bonchev–Trinajstić information content (AvgIpc) is 3.43. The van der Waals surface area contributed by atoms with E-state index in [0.29, 0.717) is 31.5 Å². The Labute approximate surface area is 160 Å². The van der Waals surface area contributed by atoms with Gasteiger partial charge in [0, 0.05) is 25.2 Å². The molecule has 1 aromatic carbocycles. The molecule has 4 nitrogen and oxygen atoms in total. The standard InChI is InChI=1S/C18H15F7N4/c19-8-5-9(20)11(10(21)6-8)12-13(28-15(7-1-2-7)18(23,24)25)14-17(29-16(12)22)27-4-3-26-14/h5-7,15,26H,1-4H2,(H2,27,28,29). The summed E-state index contributed by atoms with van der Waals surface area (Å²) in [6, 6.07) is -1.38. The van der Waals surface area contributed by atoms with Crippen LogP contribution in [0.1, 0.15) is 12.8 Å². The largest absolute Gasteiger partial charge is 0.408 e. The van der Waals surface area contributed by atoms with Gasteiger partial charge >= 0.3 is 6.18 Å². The van der Waals surface area contributed by atoms with Crippen molar-refractivity contribution >= 4 is 17.2 Å². The number of benzene rings is 1. The van der Waals surface area contributed by atoms with Crippen LogP contribution < -0.4 is 16.0 Å². The summed E-state index contributed by atoms with van der Waals surface area (Å²) in [6.07, 6.45) is -4.05. The summed E-state index contributed by atoms with van der Waals surface area (Å²) in [5.41, 5.74) is -2.33. The molecule has 0 bridgehead atoms. The van der Waals surface area contributed by atoms with Gasteiger partial charge in [-0.15, -0.1) is 0 Å². The van der Waals surface area contributed by atoms with Crippen molar-refractivity contribution in [3.63, 3.8) is 0 Å². The molecule has 1 saturated carbocycles. The fourth-order valence-corrected chi connectivity index (χ4v) is 3.43. The van der Waals surface area contributed by atoms with Gasteiger partial charge in [0.15, 0.2) is 5.82 Å². The highest BCUT2D eigenvalue weighted by Crippen LogP contribution is 2.47. The molecule has 1 aromatic heterocycles. The van der Waals surface area contributed by atoms with Crippen molar-refractivity contribution in [3.05, 3.63) is 35.5 Å². The lowest BCUT2D eigenvalue weighted by Gasteiger charge is -2.29. The minimum absolute atomic E-state index is 0.0364. The molecule has 2 heterocycles. The van der Waals surface area contributed by atoms with Crippen LogP contribution in [0.4, 0.5) is 47.9 Å². The molecular weight excluding hydrogens is 405 g/mol. The van der Waals surface area contributed by atoms with Crippen LogP contribution in [-0.2, 0) is 0 Å². The number of fused-ring (bicyclic) bond motifs is 1. The lowest BCUT2D eigenvalue weighted by molar-refractivity contribution is -0.146. The van der Waals surface area contributed by atoms with Crippen molar-refractivity contribution < 1.29 is 30.7 Å². The molecule has 1 atom stereocenters. The number of rotatable bonds is 4. The lowest BCUT2D eigenvalue weighted by atomic mass is 10.0. The first kappa shape index (κ1) is 19.6. The maximum Gasteiger partial charge on any atom is 0.408 e. The first-order valence-electron chi connectivity index (χ1n) is 8.86. The summed E-state index contributed by atoms with van der Waals surface area (Å²) >= 11 is 0. The minimum Gasteiger partial charge on any atom is -0.379 e. The first-order chi connectivity index (χ1) is 13.7. The number of pyridine rings is 1. The summed E-state index contributed by atoms with van der Waals surface area (Å²) < 4.78 is 97.6. The predicted molar refractivity (Wildman–Crippen MR) is 92.7 cm³/mol. The molecule has 1 aliphatic heterocycles. The Hall–Kier alpha value is -2.72.